The highest BCUT2D eigenvalue weighted by Gasteiger charge is 2.38. The summed E-state index contributed by atoms with van der Waals surface area (Å²) < 4.78 is 68.6. The highest BCUT2D eigenvalue weighted by molar-refractivity contribution is 7.22. The van der Waals surface area contributed by atoms with Gasteiger partial charge >= 0.3 is 12.8 Å². The number of carbonyl (C=O) groups is 1. The van der Waals surface area contributed by atoms with E-state index in [1.165, 1.54) is 25.1 Å². The van der Waals surface area contributed by atoms with Crippen molar-refractivity contribution >= 4 is 44.2 Å². The third-order valence-electron chi connectivity index (χ3n) is 3.53. The Morgan fingerprint density at radius 1 is 1.39 bits per heavy atom. The average Bonchev–Trinajstić information content (AvgIpc) is 3.08. The fourth-order valence-electron chi connectivity index (χ4n) is 2.29. The van der Waals surface area contributed by atoms with Crippen LogP contribution in [0.2, 0.25) is 5.02 Å². The Balaban J connectivity index is 1.75. The van der Waals surface area contributed by atoms with Gasteiger partial charge in [0, 0.05) is 0 Å². The van der Waals surface area contributed by atoms with E-state index in [0.29, 0.717) is 10.2 Å². The zero-order chi connectivity index (χ0) is 20.6. The van der Waals surface area contributed by atoms with Crippen LogP contribution in [0.5, 0.6) is 5.75 Å². The molecule has 0 aliphatic heterocycles. The maximum absolute atomic E-state index is 12.8. The lowest BCUT2D eigenvalue weighted by atomic mass is 10.3. The zero-order valence-electron chi connectivity index (χ0n) is 13.9. The molecule has 1 aromatic carbocycles. The van der Waals surface area contributed by atoms with Gasteiger partial charge in [-0.1, -0.05) is 22.9 Å². The first kappa shape index (κ1) is 20.3. The molecular weight excluding hydrogens is 431 g/mol. The first-order valence-electron chi connectivity index (χ1n) is 7.50. The van der Waals surface area contributed by atoms with Crippen molar-refractivity contribution in [2.75, 3.05) is 5.32 Å². The van der Waals surface area contributed by atoms with Crippen LogP contribution in [0.25, 0.3) is 10.2 Å². The summed E-state index contributed by atoms with van der Waals surface area (Å²) in [5.41, 5.74) is -0.854. The molecule has 150 valence electrons. The largest absolute Gasteiger partial charge is 0.436 e. The fourth-order valence-corrected chi connectivity index (χ4v) is 3.44. The predicted molar refractivity (Wildman–Crippen MR) is 91.9 cm³/mol. The number of halogens is 6. The molecule has 0 spiro atoms. The van der Waals surface area contributed by atoms with Crippen LogP contribution in [-0.4, -0.2) is 27.3 Å². The summed E-state index contributed by atoms with van der Waals surface area (Å²) in [4.78, 5) is 16.2. The Labute approximate surface area is 162 Å². The van der Waals surface area contributed by atoms with E-state index in [1.807, 2.05) is 0 Å². The molecule has 0 aliphatic carbocycles. The number of hydrogen-bond acceptors (Lipinski definition) is 5. The van der Waals surface area contributed by atoms with Crippen molar-refractivity contribution < 1.29 is 31.5 Å². The number of nitrogens with zero attached hydrogens (tertiary/aromatic N) is 3. The Morgan fingerprint density at radius 3 is 2.71 bits per heavy atom. The molecule has 2 heterocycles. The molecule has 0 saturated heterocycles. The van der Waals surface area contributed by atoms with Crippen LogP contribution < -0.4 is 10.1 Å². The molecule has 0 saturated carbocycles. The lowest BCUT2D eigenvalue weighted by Crippen LogP contribution is -2.20. The second kappa shape index (κ2) is 7.51. The molecule has 13 heteroatoms. The molecule has 0 bridgehead atoms. The molecule has 0 atom stereocenters. The van der Waals surface area contributed by atoms with Crippen LogP contribution in [0.3, 0.4) is 0 Å². The van der Waals surface area contributed by atoms with Gasteiger partial charge in [-0.3, -0.25) is 9.48 Å². The highest BCUT2D eigenvalue weighted by atomic mass is 35.5. The Morgan fingerprint density at radius 2 is 2.11 bits per heavy atom. The zero-order valence-corrected chi connectivity index (χ0v) is 15.4. The van der Waals surface area contributed by atoms with E-state index < -0.39 is 36.0 Å². The normalized spacial score (nSPS) is 12.0. The molecular formula is C15H10ClF5N4O2S. The van der Waals surface area contributed by atoms with E-state index in [-0.39, 0.29) is 16.6 Å². The van der Waals surface area contributed by atoms with Gasteiger partial charge in [0.15, 0.2) is 10.8 Å². The van der Waals surface area contributed by atoms with Crippen molar-refractivity contribution in [3.05, 3.63) is 34.6 Å². The van der Waals surface area contributed by atoms with Crippen molar-refractivity contribution in [2.45, 2.75) is 26.3 Å². The number of hydrogen-bond donors (Lipinski definition) is 1. The second-order valence-electron chi connectivity index (χ2n) is 5.48. The van der Waals surface area contributed by atoms with Gasteiger partial charge < -0.3 is 10.1 Å². The summed E-state index contributed by atoms with van der Waals surface area (Å²) in [5, 5.41) is 5.33. The number of amides is 1. The van der Waals surface area contributed by atoms with Crippen molar-refractivity contribution in [3.63, 3.8) is 0 Å². The van der Waals surface area contributed by atoms with Gasteiger partial charge in [-0.05, 0) is 25.1 Å². The van der Waals surface area contributed by atoms with E-state index >= 15 is 0 Å². The van der Waals surface area contributed by atoms with Gasteiger partial charge in [0.2, 0.25) is 5.91 Å². The molecule has 1 N–H and O–H groups in total. The standard InChI is InChI=1S/C15H10ClF5N4O2S/c1-6-11(16)12(15(19,20)21)24-25(6)5-10(26)23-14-22-8-3-2-7(27-13(17)18)4-9(8)28-14/h2-4,13H,5H2,1H3,(H,22,23,26). The van der Waals surface area contributed by atoms with Gasteiger partial charge in [-0.15, -0.1) is 0 Å². The van der Waals surface area contributed by atoms with E-state index in [9.17, 15) is 26.7 Å². The van der Waals surface area contributed by atoms with Crippen LogP contribution in [0, 0.1) is 6.92 Å². The van der Waals surface area contributed by atoms with Gasteiger partial charge in [0.1, 0.15) is 12.3 Å². The Hall–Kier alpha value is -2.47. The molecule has 6 nitrogen and oxygen atoms in total. The van der Waals surface area contributed by atoms with Gasteiger partial charge in [0.05, 0.1) is 20.9 Å². The van der Waals surface area contributed by atoms with Crippen molar-refractivity contribution in [1.29, 1.82) is 0 Å². The molecule has 3 aromatic rings. The number of anilines is 1. The fraction of sp³-hybridized carbons (Fsp3) is 0.267. The minimum absolute atomic E-state index is 0.0118. The number of fused-ring (bicyclic) bond motifs is 1. The minimum atomic E-state index is -4.74. The quantitative estimate of drug-likeness (QED) is 0.583. The Kier molecular flexibility index (Phi) is 5.44. The molecule has 1 amide bonds. The molecule has 28 heavy (non-hydrogen) atoms. The lowest BCUT2D eigenvalue weighted by molar-refractivity contribution is -0.141. The number of aromatic nitrogens is 3. The topological polar surface area (TPSA) is 69.0 Å². The third kappa shape index (κ3) is 4.33. The third-order valence-corrected chi connectivity index (χ3v) is 4.91. The summed E-state index contributed by atoms with van der Waals surface area (Å²) in [6.07, 6.45) is -4.74. The summed E-state index contributed by atoms with van der Waals surface area (Å²) >= 11 is 6.63. The first-order chi connectivity index (χ1) is 13.0. The maximum atomic E-state index is 12.8. The van der Waals surface area contributed by atoms with Crippen LogP contribution >= 0.6 is 22.9 Å². The van der Waals surface area contributed by atoms with Crippen LogP contribution in [0.4, 0.5) is 27.1 Å². The molecule has 0 fully saturated rings. The second-order valence-corrected chi connectivity index (χ2v) is 6.89. The number of ether oxygens (including phenoxy) is 1. The van der Waals surface area contributed by atoms with E-state index in [2.05, 4.69) is 20.1 Å². The van der Waals surface area contributed by atoms with Gasteiger partial charge in [0.25, 0.3) is 0 Å². The smallest absolute Gasteiger partial charge is 0.435 e. The maximum Gasteiger partial charge on any atom is 0.436 e. The number of rotatable bonds is 5. The molecule has 0 aliphatic rings. The molecule has 0 unspecified atom stereocenters. The molecule has 2 aromatic heterocycles. The summed E-state index contributed by atoms with van der Waals surface area (Å²) in [5.74, 6) is -0.746. The predicted octanol–water partition coefficient (Wildman–Crippen LogP) is 4.71. The number of carbonyl (C=O) groups excluding carboxylic acids is 1. The number of benzene rings is 1. The molecule has 0 radical (unpaired) electrons. The van der Waals surface area contributed by atoms with Gasteiger partial charge in [-0.2, -0.15) is 27.1 Å². The summed E-state index contributed by atoms with van der Waals surface area (Å²) in [6, 6.07) is 4.07. The molecule has 3 rings (SSSR count). The monoisotopic (exact) mass is 440 g/mol. The van der Waals surface area contributed by atoms with E-state index in [4.69, 9.17) is 11.6 Å². The summed E-state index contributed by atoms with van der Waals surface area (Å²) in [7, 11) is 0. The van der Waals surface area contributed by atoms with E-state index in [1.54, 1.807) is 0 Å². The lowest BCUT2D eigenvalue weighted by Gasteiger charge is -2.04. The highest BCUT2D eigenvalue weighted by Crippen LogP contribution is 2.35. The number of thiazole rings is 1. The van der Waals surface area contributed by atoms with Crippen molar-refractivity contribution in [1.82, 2.24) is 14.8 Å². The van der Waals surface area contributed by atoms with Crippen LogP contribution in [-0.2, 0) is 17.5 Å². The first-order valence-corrected chi connectivity index (χ1v) is 8.69. The average molecular weight is 441 g/mol. The van der Waals surface area contributed by atoms with Crippen molar-refractivity contribution in [2.24, 2.45) is 0 Å². The SMILES string of the molecule is Cc1c(Cl)c(C(F)(F)F)nn1CC(=O)Nc1nc2ccc(OC(F)F)cc2s1. The van der Waals surface area contributed by atoms with Crippen LogP contribution in [0.1, 0.15) is 11.4 Å². The minimum Gasteiger partial charge on any atom is -0.435 e. The van der Waals surface area contributed by atoms with Crippen molar-refractivity contribution in [3.8, 4) is 5.75 Å². The number of nitrogens with one attached hydrogen (secondary N) is 1. The summed E-state index contributed by atoms with van der Waals surface area (Å²) in [6.45, 7) is -2.19. The number of alkyl halides is 5. The van der Waals surface area contributed by atoms with Gasteiger partial charge in [-0.25, -0.2) is 4.98 Å². The van der Waals surface area contributed by atoms with E-state index in [0.717, 1.165) is 16.0 Å². The Bertz CT molecular complexity index is 1030. The van der Waals surface area contributed by atoms with Crippen LogP contribution in [0.15, 0.2) is 18.2 Å².